The second kappa shape index (κ2) is 6.63. The van der Waals surface area contributed by atoms with Crippen LogP contribution in [0.15, 0.2) is 17.2 Å². The molecule has 1 aromatic heterocycles. The number of pyridine rings is 1. The fraction of sp³-hybridized carbons (Fsp3) is 0.500. The third-order valence-electron chi connectivity index (χ3n) is 2.60. The van der Waals surface area contributed by atoms with Crippen LogP contribution in [0.1, 0.15) is 16.1 Å². The number of carbonyl (C=O) groups excluding carboxylic acids is 1. The third-order valence-corrected chi connectivity index (χ3v) is 3.63. The van der Waals surface area contributed by atoms with E-state index in [2.05, 4.69) is 9.72 Å². The van der Waals surface area contributed by atoms with E-state index in [1.54, 1.807) is 0 Å². The van der Waals surface area contributed by atoms with Crippen molar-refractivity contribution < 1.29 is 32.2 Å². The number of aromatic nitrogens is 1. The molecule has 0 aromatic carbocycles. The first kappa shape index (κ1) is 16.1. The number of halogens is 3. The van der Waals surface area contributed by atoms with E-state index in [0.29, 0.717) is 13.2 Å². The lowest BCUT2D eigenvalue weighted by Crippen LogP contribution is -2.14. The molecule has 1 aliphatic heterocycles. The van der Waals surface area contributed by atoms with E-state index >= 15 is 0 Å². The fourth-order valence-corrected chi connectivity index (χ4v) is 2.58. The predicted molar refractivity (Wildman–Crippen MR) is 67.0 cm³/mol. The monoisotopic (exact) mass is 323 g/mol. The maximum absolute atomic E-state index is 12.7. The molecular weight excluding hydrogens is 311 g/mol. The Morgan fingerprint density at radius 3 is 2.67 bits per heavy atom. The molecule has 1 saturated heterocycles. The molecule has 0 spiro atoms. The van der Waals surface area contributed by atoms with Gasteiger partial charge < -0.3 is 14.2 Å². The number of ether oxygens (including phenoxy) is 3. The molecule has 0 unspecified atom stereocenters. The zero-order valence-electron chi connectivity index (χ0n) is 11.0. The molecule has 1 aliphatic rings. The van der Waals surface area contributed by atoms with Crippen LogP contribution in [0.3, 0.4) is 0 Å². The minimum Gasteiger partial charge on any atom is -0.465 e. The minimum absolute atomic E-state index is 0.0199. The van der Waals surface area contributed by atoms with Gasteiger partial charge in [0.25, 0.3) is 0 Å². The molecule has 0 aliphatic carbocycles. The lowest BCUT2D eigenvalue weighted by Gasteiger charge is -2.12. The van der Waals surface area contributed by atoms with Gasteiger partial charge in [0.2, 0.25) is 0 Å². The Kier molecular flexibility index (Phi) is 5.07. The molecule has 5 nitrogen and oxygen atoms in total. The van der Waals surface area contributed by atoms with E-state index in [9.17, 15) is 18.0 Å². The number of carbonyl (C=O) groups is 1. The summed E-state index contributed by atoms with van der Waals surface area (Å²) in [5, 5.41) is -0.0595. The Morgan fingerprint density at radius 2 is 2.10 bits per heavy atom. The van der Waals surface area contributed by atoms with Crippen LogP contribution in [-0.2, 0) is 20.4 Å². The summed E-state index contributed by atoms with van der Waals surface area (Å²) >= 11 is 0.956. The van der Waals surface area contributed by atoms with Gasteiger partial charge in [0, 0.05) is 0 Å². The van der Waals surface area contributed by atoms with Gasteiger partial charge in [-0.15, -0.1) is 11.8 Å². The van der Waals surface area contributed by atoms with E-state index in [4.69, 9.17) is 9.47 Å². The average Bonchev–Trinajstić information content (AvgIpc) is 2.96. The van der Waals surface area contributed by atoms with Crippen molar-refractivity contribution >= 4 is 17.7 Å². The van der Waals surface area contributed by atoms with Crippen molar-refractivity contribution in [3.8, 4) is 0 Å². The summed E-state index contributed by atoms with van der Waals surface area (Å²) in [6.45, 7) is 0.871. The van der Waals surface area contributed by atoms with Crippen LogP contribution >= 0.6 is 11.8 Å². The van der Waals surface area contributed by atoms with Crippen LogP contribution in [0.4, 0.5) is 13.2 Å². The highest BCUT2D eigenvalue weighted by Gasteiger charge is 2.34. The first-order chi connectivity index (χ1) is 9.91. The molecule has 21 heavy (non-hydrogen) atoms. The van der Waals surface area contributed by atoms with E-state index in [1.165, 1.54) is 0 Å². The van der Waals surface area contributed by atoms with Gasteiger partial charge in [0.1, 0.15) is 10.7 Å². The average molecular weight is 323 g/mol. The second-order valence-corrected chi connectivity index (χ2v) is 5.03. The predicted octanol–water partition coefficient (Wildman–Crippen LogP) is 2.35. The van der Waals surface area contributed by atoms with E-state index in [-0.39, 0.29) is 16.3 Å². The summed E-state index contributed by atoms with van der Waals surface area (Å²) in [5.74, 6) is -0.509. The molecule has 0 bridgehead atoms. The number of hydrogen-bond acceptors (Lipinski definition) is 6. The Morgan fingerprint density at radius 1 is 1.43 bits per heavy atom. The highest BCUT2D eigenvalue weighted by molar-refractivity contribution is 7.99. The smallest absolute Gasteiger partial charge is 0.433 e. The normalized spacial score (nSPS) is 16.2. The topological polar surface area (TPSA) is 57.7 Å². The van der Waals surface area contributed by atoms with Gasteiger partial charge in [0.15, 0.2) is 6.29 Å². The zero-order valence-corrected chi connectivity index (χ0v) is 11.8. The van der Waals surface area contributed by atoms with Crippen molar-refractivity contribution in [3.05, 3.63) is 23.4 Å². The van der Waals surface area contributed by atoms with Gasteiger partial charge in [-0.05, 0) is 12.1 Å². The van der Waals surface area contributed by atoms with Gasteiger partial charge in [0.05, 0.1) is 31.6 Å². The van der Waals surface area contributed by atoms with Crippen LogP contribution in [0.25, 0.3) is 0 Å². The summed E-state index contributed by atoms with van der Waals surface area (Å²) in [7, 11) is 1.15. The molecule has 0 N–H and O–H groups in total. The maximum Gasteiger partial charge on any atom is 0.433 e. The molecule has 9 heteroatoms. The molecule has 0 saturated carbocycles. The van der Waals surface area contributed by atoms with E-state index in [1.807, 2.05) is 0 Å². The lowest BCUT2D eigenvalue weighted by molar-refractivity contribution is -0.141. The molecule has 0 atom stereocenters. The first-order valence-corrected chi connectivity index (χ1v) is 6.93. The van der Waals surface area contributed by atoms with Crippen LogP contribution in [0.2, 0.25) is 0 Å². The number of alkyl halides is 3. The minimum atomic E-state index is -4.58. The Balaban J connectivity index is 2.22. The van der Waals surface area contributed by atoms with Crippen molar-refractivity contribution in [2.45, 2.75) is 17.5 Å². The number of methoxy groups -OCH3 is 1. The van der Waals surface area contributed by atoms with Crippen molar-refractivity contribution in [2.24, 2.45) is 0 Å². The Hall–Kier alpha value is -1.32. The van der Waals surface area contributed by atoms with Gasteiger partial charge in [-0.3, -0.25) is 0 Å². The first-order valence-electron chi connectivity index (χ1n) is 5.94. The molecule has 0 amide bonds. The summed E-state index contributed by atoms with van der Waals surface area (Å²) < 4.78 is 53.0. The number of nitrogens with zero attached hydrogens (tertiary/aromatic N) is 1. The number of rotatable bonds is 4. The molecule has 2 heterocycles. The molecule has 1 fully saturated rings. The summed E-state index contributed by atoms with van der Waals surface area (Å²) in [5.41, 5.74) is -1.08. The van der Waals surface area contributed by atoms with Crippen molar-refractivity contribution in [1.29, 1.82) is 0 Å². The second-order valence-electron chi connectivity index (χ2n) is 4.02. The maximum atomic E-state index is 12.7. The molecule has 0 radical (unpaired) electrons. The van der Waals surface area contributed by atoms with Gasteiger partial charge in [-0.25, -0.2) is 9.78 Å². The van der Waals surface area contributed by atoms with Gasteiger partial charge in [-0.1, -0.05) is 0 Å². The Bertz CT molecular complexity index is 518. The summed E-state index contributed by atoms with van der Waals surface area (Å²) in [4.78, 5) is 15.1. The van der Waals surface area contributed by atoms with E-state index in [0.717, 1.165) is 31.0 Å². The quantitative estimate of drug-likeness (QED) is 0.626. The van der Waals surface area contributed by atoms with Crippen molar-refractivity contribution in [1.82, 2.24) is 4.98 Å². The molecular formula is C12H12F3NO4S. The van der Waals surface area contributed by atoms with Crippen molar-refractivity contribution in [3.63, 3.8) is 0 Å². The Labute approximate surface area is 122 Å². The van der Waals surface area contributed by atoms with Crippen LogP contribution < -0.4 is 0 Å². The highest BCUT2D eigenvalue weighted by atomic mass is 32.2. The van der Waals surface area contributed by atoms with Crippen molar-refractivity contribution in [2.75, 3.05) is 26.1 Å². The van der Waals surface area contributed by atoms with Gasteiger partial charge in [-0.2, -0.15) is 13.2 Å². The fourth-order valence-electron chi connectivity index (χ4n) is 1.62. The molecule has 2 rings (SSSR count). The van der Waals surface area contributed by atoms with Gasteiger partial charge >= 0.3 is 12.1 Å². The lowest BCUT2D eigenvalue weighted by atomic mass is 10.2. The van der Waals surface area contributed by atoms with Crippen LogP contribution in [-0.4, -0.2) is 43.3 Å². The van der Waals surface area contributed by atoms with Crippen LogP contribution in [0, 0.1) is 0 Å². The van der Waals surface area contributed by atoms with Crippen LogP contribution in [0.5, 0.6) is 0 Å². The number of thioether (sulfide) groups is 1. The molecule has 116 valence electrons. The highest BCUT2D eigenvalue weighted by Crippen LogP contribution is 2.31. The largest absolute Gasteiger partial charge is 0.465 e. The molecule has 1 aromatic rings. The summed E-state index contributed by atoms with van der Waals surface area (Å²) in [6, 6.07) is 1.80. The number of esters is 1. The van der Waals surface area contributed by atoms with E-state index < -0.39 is 24.1 Å². The number of hydrogen-bond donors (Lipinski definition) is 0. The zero-order chi connectivity index (χ0) is 15.5. The SMILES string of the molecule is COC(=O)c1ccc(C(F)(F)F)nc1SCC1OCCO1. The summed E-state index contributed by atoms with van der Waals surface area (Å²) in [6.07, 6.45) is -5.10. The third kappa shape index (κ3) is 4.08. The standard InChI is InChI=1S/C12H12F3NO4S/c1-18-11(17)7-2-3-8(12(13,14)15)16-10(7)21-6-9-19-4-5-20-9/h2-3,9H,4-6H2,1H3.